The second-order valence-corrected chi connectivity index (χ2v) is 11.4. The molecule has 4 rings (SSSR count). The molecule has 0 spiro atoms. The summed E-state index contributed by atoms with van der Waals surface area (Å²) in [5.74, 6) is -0.665. The van der Waals surface area contributed by atoms with Gasteiger partial charge in [-0.1, -0.05) is 66.2 Å². The van der Waals surface area contributed by atoms with E-state index in [1.54, 1.807) is 60.7 Å². The summed E-state index contributed by atoms with van der Waals surface area (Å²) in [5, 5.41) is 3.18. The minimum absolute atomic E-state index is 0.123. The molecule has 38 heavy (non-hydrogen) atoms. The number of amides is 1. The molecule has 0 unspecified atom stereocenters. The fraction of sp³-hybridized carbons (Fsp3) is 0.133. The number of carbonyl (C=O) groups excluding carboxylic acids is 2. The number of rotatable bonds is 8. The van der Waals surface area contributed by atoms with Gasteiger partial charge in [-0.25, -0.2) is 8.42 Å². The Hall–Kier alpha value is -3.94. The van der Waals surface area contributed by atoms with Crippen molar-refractivity contribution in [3.8, 4) is 0 Å². The first-order chi connectivity index (χ1) is 18.0. The van der Waals surface area contributed by atoms with Gasteiger partial charge in [0.1, 0.15) is 0 Å². The Labute approximate surface area is 227 Å². The Balaban J connectivity index is 1.55. The molecule has 0 aliphatic rings. The second kappa shape index (κ2) is 11.2. The smallest absolute Gasteiger partial charge is 0.255 e. The van der Waals surface area contributed by atoms with Crippen LogP contribution in [0.25, 0.3) is 0 Å². The number of nitrogens with one attached hydrogen (secondary N) is 1. The zero-order valence-electron chi connectivity index (χ0n) is 21.2. The Morgan fingerprint density at radius 1 is 0.842 bits per heavy atom. The summed E-state index contributed by atoms with van der Waals surface area (Å²) >= 11 is 6.14. The normalized spacial score (nSPS) is 11.2. The highest BCUT2D eigenvalue weighted by molar-refractivity contribution is 7.92. The summed E-state index contributed by atoms with van der Waals surface area (Å²) in [6.45, 7) is 3.90. The van der Waals surface area contributed by atoms with Crippen LogP contribution in [0.3, 0.4) is 0 Å². The largest absolute Gasteiger partial charge is 0.321 e. The predicted octanol–water partition coefficient (Wildman–Crippen LogP) is 6.41. The number of hydrogen-bond donors (Lipinski definition) is 1. The molecule has 0 atom stereocenters. The summed E-state index contributed by atoms with van der Waals surface area (Å²) in [5.41, 5.74) is 4.61. The van der Waals surface area contributed by atoms with Crippen molar-refractivity contribution in [2.24, 2.45) is 0 Å². The number of benzene rings is 4. The maximum absolute atomic E-state index is 13.1. The number of ketones is 1. The zero-order chi connectivity index (χ0) is 27.4. The second-order valence-electron chi connectivity index (χ2n) is 9.10. The van der Waals surface area contributed by atoms with Crippen molar-refractivity contribution in [3.05, 3.63) is 129 Å². The summed E-state index contributed by atoms with van der Waals surface area (Å²) in [6, 6.07) is 25.9. The van der Waals surface area contributed by atoms with Crippen LogP contribution in [0.1, 0.15) is 43.0 Å². The molecule has 194 valence electrons. The predicted molar refractivity (Wildman–Crippen MR) is 153 cm³/mol. The van der Waals surface area contributed by atoms with Gasteiger partial charge in [0.05, 0.1) is 24.2 Å². The molecule has 4 aromatic rings. The van der Waals surface area contributed by atoms with Crippen LogP contribution in [-0.2, 0) is 16.6 Å². The van der Waals surface area contributed by atoms with Gasteiger partial charge in [0.25, 0.3) is 5.91 Å². The SMILES string of the molecule is Cc1ccc(C)c(N(Cc2ccc(C(=O)Nc3ccc(Cl)cc3C(=O)c3ccccc3)cc2)S(C)(=O)=O)c1. The molecular formula is C30H27ClN2O4S. The van der Waals surface area contributed by atoms with Crippen LogP contribution < -0.4 is 9.62 Å². The Morgan fingerprint density at radius 2 is 1.53 bits per heavy atom. The molecule has 0 saturated carbocycles. The highest BCUT2D eigenvalue weighted by atomic mass is 35.5. The van der Waals surface area contributed by atoms with Crippen molar-refractivity contribution >= 4 is 44.7 Å². The van der Waals surface area contributed by atoms with E-state index in [4.69, 9.17) is 11.6 Å². The van der Waals surface area contributed by atoms with Gasteiger partial charge in [-0.05, 0) is 66.9 Å². The monoisotopic (exact) mass is 546 g/mol. The highest BCUT2D eigenvalue weighted by Crippen LogP contribution is 2.27. The van der Waals surface area contributed by atoms with Crippen molar-refractivity contribution in [2.75, 3.05) is 15.9 Å². The number of sulfonamides is 1. The molecular weight excluding hydrogens is 520 g/mol. The minimum Gasteiger partial charge on any atom is -0.321 e. The third kappa shape index (κ3) is 6.30. The van der Waals surface area contributed by atoms with Gasteiger partial charge in [-0.3, -0.25) is 13.9 Å². The van der Waals surface area contributed by atoms with Crippen LogP contribution in [0.5, 0.6) is 0 Å². The number of aryl methyl sites for hydroxylation is 2. The van der Waals surface area contributed by atoms with Crippen LogP contribution in [0.2, 0.25) is 5.02 Å². The quantitative estimate of drug-likeness (QED) is 0.259. The number of carbonyl (C=O) groups is 2. The molecule has 0 heterocycles. The molecule has 0 radical (unpaired) electrons. The van der Waals surface area contributed by atoms with Gasteiger partial charge in [-0.2, -0.15) is 0 Å². The molecule has 1 amide bonds. The van der Waals surface area contributed by atoms with Gasteiger partial charge in [0, 0.05) is 21.7 Å². The molecule has 0 bridgehead atoms. The fourth-order valence-electron chi connectivity index (χ4n) is 4.05. The van der Waals surface area contributed by atoms with Crippen molar-refractivity contribution in [3.63, 3.8) is 0 Å². The van der Waals surface area contributed by atoms with E-state index in [-0.39, 0.29) is 17.9 Å². The number of nitrogens with zero attached hydrogens (tertiary/aromatic N) is 1. The lowest BCUT2D eigenvalue weighted by atomic mass is 10.0. The van der Waals surface area contributed by atoms with E-state index in [1.807, 2.05) is 38.1 Å². The van der Waals surface area contributed by atoms with Gasteiger partial charge in [0.2, 0.25) is 10.0 Å². The Morgan fingerprint density at radius 3 is 2.18 bits per heavy atom. The van der Waals surface area contributed by atoms with Crippen LogP contribution >= 0.6 is 11.6 Å². The average Bonchev–Trinajstić information content (AvgIpc) is 2.89. The van der Waals surface area contributed by atoms with Crippen molar-refractivity contribution in [2.45, 2.75) is 20.4 Å². The fourth-order valence-corrected chi connectivity index (χ4v) is 5.16. The molecule has 0 fully saturated rings. The lowest BCUT2D eigenvalue weighted by Crippen LogP contribution is -2.30. The Kier molecular flexibility index (Phi) is 7.99. The summed E-state index contributed by atoms with van der Waals surface area (Å²) in [7, 11) is -3.55. The van der Waals surface area contributed by atoms with Gasteiger partial charge < -0.3 is 5.32 Å². The van der Waals surface area contributed by atoms with E-state index in [9.17, 15) is 18.0 Å². The van der Waals surface area contributed by atoms with Crippen molar-refractivity contribution in [1.82, 2.24) is 0 Å². The summed E-state index contributed by atoms with van der Waals surface area (Å²) in [6.07, 6.45) is 1.18. The van der Waals surface area contributed by atoms with Gasteiger partial charge in [0.15, 0.2) is 5.78 Å². The maximum Gasteiger partial charge on any atom is 0.255 e. The Bertz CT molecular complexity index is 1600. The molecule has 4 aromatic carbocycles. The first kappa shape index (κ1) is 27.1. The maximum atomic E-state index is 13.1. The molecule has 0 aliphatic heterocycles. The van der Waals surface area contributed by atoms with Crippen LogP contribution in [0.4, 0.5) is 11.4 Å². The van der Waals surface area contributed by atoms with Crippen molar-refractivity contribution in [1.29, 1.82) is 0 Å². The third-order valence-electron chi connectivity index (χ3n) is 6.09. The van der Waals surface area contributed by atoms with E-state index >= 15 is 0 Å². The molecule has 0 aliphatic carbocycles. The number of halogens is 1. The average molecular weight is 547 g/mol. The lowest BCUT2D eigenvalue weighted by Gasteiger charge is -2.25. The molecule has 0 saturated heterocycles. The van der Waals surface area contributed by atoms with E-state index in [0.29, 0.717) is 27.5 Å². The standard InChI is InChI=1S/C30H27ClN2O4S/c1-20-9-10-21(2)28(17-20)33(38(3,36)37)19-22-11-13-24(14-12-22)30(35)32-27-16-15-25(31)18-26(27)29(34)23-7-5-4-6-8-23/h4-18H,19H2,1-3H3,(H,32,35). The molecule has 6 nitrogen and oxygen atoms in total. The van der Waals surface area contributed by atoms with Crippen LogP contribution in [0, 0.1) is 13.8 Å². The van der Waals surface area contributed by atoms with E-state index in [1.165, 1.54) is 16.6 Å². The van der Waals surface area contributed by atoms with Crippen molar-refractivity contribution < 1.29 is 18.0 Å². The van der Waals surface area contributed by atoms with E-state index in [2.05, 4.69) is 5.32 Å². The lowest BCUT2D eigenvalue weighted by molar-refractivity contribution is 0.102. The summed E-state index contributed by atoms with van der Waals surface area (Å²) < 4.78 is 26.6. The highest BCUT2D eigenvalue weighted by Gasteiger charge is 2.21. The molecule has 0 aromatic heterocycles. The molecule has 1 N–H and O–H groups in total. The van der Waals surface area contributed by atoms with Crippen LogP contribution in [-0.4, -0.2) is 26.4 Å². The van der Waals surface area contributed by atoms with E-state index < -0.39 is 15.9 Å². The minimum atomic E-state index is -3.55. The zero-order valence-corrected chi connectivity index (χ0v) is 22.8. The van der Waals surface area contributed by atoms with E-state index in [0.717, 1.165) is 16.7 Å². The summed E-state index contributed by atoms with van der Waals surface area (Å²) in [4.78, 5) is 26.1. The van der Waals surface area contributed by atoms with Gasteiger partial charge >= 0.3 is 0 Å². The number of anilines is 2. The van der Waals surface area contributed by atoms with Gasteiger partial charge in [-0.15, -0.1) is 0 Å². The first-order valence-electron chi connectivity index (χ1n) is 11.9. The topological polar surface area (TPSA) is 83.6 Å². The first-order valence-corrected chi connectivity index (χ1v) is 14.1. The van der Waals surface area contributed by atoms with Crippen LogP contribution in [0.15, 0.2) is 91.0 Å². The third-order valence-corrected chi connectivity index (χ3v) is 7.45. The number of hydrogen-bond acceptors (Lipinski definition) is 4. The molecule has 8 heteroatoms.